The molecule has 0 spiro atoms. The van der Waals surface area contributed by atoms with Gasteiger partial charge in [-0.15, -0.1) is 11.8 Å². The Balaban J connectivity index is 1.55. The lowest BCUT2D eigenvalue weighted by Gasteiger charge is -2.39. The highest BCUT2D eigenvalue weighted by atomic mass is 35.5. The number of benzene rings is 3. The minimum Gasteiger partial charge on any atom is -0.308 e. The molecule has 0 aliphatic carbocycles. The average molecular weight is 490 g/mol. The normalized spacial score (nSPS) is 18.8. The predicted octanol–water partition coefficient (Wildman–Crippen LogP) is 7.22. The fraction of sp³-hybridized carbons (Fsp3) is 0.0800. The van der Waals surface area contributed by atoms with Crippen molar-refractivity contribution >= 4 is 57.4 Å². The van der Waals surface area contributed by atoms with Gasteiger partial charge in [0.2, 0.25) is 0 Å². The molecule has 3 aromatic carbocycles. The molecule has 3 aliphatic heterocycles. The van der Waals surface area contributed by atoms with E-state index in [1.165, 1.54) is 11.0 Å². The van der Waals surface area contributed by atoms with E-state index in [0.29, 0.717) is 5.02 Å². The van der Waals surface area contributed by atoms with Crippen molar-refractivity contribution in [1.29, 1.82) is 0 Å². The Hall–Kier alpha value is -3.00. The number of non-ortho nitro benzene ring substituents is 1. The van der Waals surface area contributed by atoms with E-state index < -0.39 is 0 Å². The monoisotopic (exact) mass is 489 g/mol. The molecule has 3 aliphatic rings. The van der Waals surface area contributed by atoms with Gasteiger partial charge >= 0.3 is 0 Å². The summed E-state index contributed by atoms with van der Waals surface area (Å²) in [7, 11) is 0. The summed E-state index contributed by atoms with van der Waals surface area (Å²) >= 11 is 9.49. The maximum Gasteiger partial charge on any atom is 0.269 e. The number of thioether (sulfide) groups is 2. The second-order valence-corrected chi connectivity index (χ2v) is 10.1. The number of nitro groups is 1. The van der Waals surface area contributed by atoms with E-state index in [2.05, 4.69) is 22.4 Å². The highest BCUT2D eigenvalue weighted by molar-refractivity contribution is 8.16. The molecule has 1 atom stereocenters. The second-order valence-electron chi connectivity index (χ2n) is 7.81. The topological polar surface area (TPSA) is 58.7 Å². The number of hydrogen-bond acceptors (Lipinski definition) is 6. The number of halogens is 1. The van der Waals surface area contributed by atoms with Gasteiger partial charge in [0.25, 0.3) is 5.69 Å². The van der Waals surface area contributed by atoms with E-state index in [9.17, 15) is 10.1 Å². The number of fused-ring (bicyclic) bond motifs is 3. The Bertz CT molecular complexity index is 1400. The molecular weight excluding hydrogens is 474 g/mol. The molecule has 5 nitrogen and oxygen atoms in total. The summed E-state index contributed by atoms with van der Waals surface area (Å²) in [5.41, 5.74) is 6.27. The van der Waals surface area contributed by atoms with Crippen LogP contribution < -0.4 is 0 Å². The highest BCUT2D eigenvalue weighted by Gasteiger charge is 2.40. The molecule has 6 rings (SSSR count). The van der Waals surface area contributed by atoms with E-state index in [1.54, 1.807) is 35.7 Å². The molecule has 0 aromatic heterocycles. The van der Waals surface area contributed by atoms with Crippen molar-refractivity contribution in [3.8, 4) is 0 Å². The van der Waals surface area contributed by atoms with E-state index in [1.807, 2.05) is 42.5 Å². The van der Waals surface area contributed by atoms with Gasteiger partial charge in [0.05, 0.1) is 22.4 Å². The Morgan fingerprint density at radius 1 is 1.06 bits per heavy atom. The van der Waals surface area contributed by atoms with Gasteiger partial charge in [-0.25, -0.2) is 4.99 Å². The van der Waals surface area contributed by atoms with Gasteiger partial charge in [0.1, 0.15) is 0 Å². The molecule has 3 heterocycles. The first kappa shape index (κ1) is 20.6. The predicted molar refractivity (Wildman–Crippen MR) is 136 cm³/mol. The summed E-state index contributed by atoms with van der Waals surface area (Å²) in [6.45, 7) is 0. The van der Waals surface area contributed by atoms with Crippen molar-refractivity contribution in [3.63, 3.8) is 0 Å². The molecule has 0 bridgehead atoms. The van der Waals surface area contributed by atoms with Crippen LogP contribution in [0.2, 0.25) is 5.02 Å². The van der Waals surface area contributed by atoms with Crippen molar-refractivity contribution in [2.24, 2.45) is 4.99 Å². The fourth-order valence-corrected chi connectivity index (χ4v) is 6.57. The standard InChI is InChI=1S/C25H16ClN3O2S2/c26-17-10-8-15(9-11-17)21-14-33-25-27-23-19-6-1-2-7-22(19)32-13-20(23)24(28(21)25)16-4-3-5-18(12-16)29(30)31/h1-12,14,24H,13H2. The van der Waals surface area contributed by atoms with E-state index in [4.69, 9.17) is 16.6 Å². The molecule has 0 saturated carbocycles. The summed E-state index contributed by atoms with van der Waals surface area (Å²) in [4.78, 5) is 19.7. The lowest BCUT2D eigenvalue weighted by Crippen LogP contribution is -2.34. The minimum atomic E-state index is -0.337. The number of nitrogens with zero attached hydrogens (tertiary/aromatic N) is 3. The molecule has 0 amide bonds. The summed E-state index contributed by atoms with van der Waals surface area (Å²) < 4.78 is 0. The highest BCUT2D eigenvalue weighted by Crippen LogP contribution is 2.52. The van der Waals surface area contributed by atoms with E-state index >= 15 is 0 Å². The van der Waals surface area contributed by atoms with Crippen LogP contribution in [0.25, 0.3) is 11.4 Å². The summed E-state index contributed by atoms with van der Waals surface area (Å²) in [6, 6.07) is 22.8. The molecule has 33 heavy (non-hydrogen) atoms. The van der Waals surface area contributed by atoms with Gasteiger partial charge in [0.15, 0.2) is 5.17 Å². The third-order valence-electron chi connectivity index (χ3n) is 5.90. The summed E-state index contributed by atoms with van der Waals surface area (Å²) in [6.07, 6.45) is 0. The molecular formula is C25H16ClN3O2S2. The maximum absolute atomic E-state index is 11.6. The SMILES string of the molecule is O=[N+]([O-])c1cccc(C2C3=C(N=C4SC=C(c5ccc(Cl)cc5)N42)c2ccccc2SC3)c1. The minimum absolute atomic E-state index is 0.0893. The molecule has 0 fully saturated rings. The van der Waals surface area contributed by atoms with Crippen LogP contribution in [0.1, 0.15) is 22.7 Å². The number of hydrogen-bond donors (Lipinski definition) is 0. The zero-order valence-electron chi connectivity index (χ0n) is 17.1. The quantitative estimate of drug-likeness (QED) is 0.287. The molecule has 3 aromatic rings. The molecule has 162 valence electrons. The first-order valence-corrected chi connectivity index (χ1v) is 12.5. The Morgan fingerprint density at radius 2 is 1.88 bits per heavy atom. The van der Waals surface area contributed by atoms with Crippen LogP contribution in [0.3, 0.4) is 0 Å². The molecule has 1 unspecified atom stereocenters. The zero-order valence-corrected chi connectivity index (χ0v) is 19.5. The van der Waals surface area contributed by atoms with Gasteiger partial charge < -0.3 is 4.90 Å². The van der Waals surface area contributed by atoms with Crippen LogP contribution in [-0.2, 0) is 0 Å². The van der Waals surface area contributed by atoms with Crippen molar-refractivity contribution < 1.29 is 4.92 Å². The molecule has 0 saturated heterocycles. The van der Waals surface area contributed by atoms with Gasteiger partial charge in [0, 0.05) is 38.8 Å². The van der Waals surface area contributed by atoms with Crippen LogP contribution in [0.15, 0.2) is 93.7 Å². The van der Waals surface area contributed by atoms with Crippen LogP contribution in [0.4, 0.5) is 5.69 Å². The lowest BCUT2D eigenvalue weighted by molar-refractivity contribution is -0.384. The number of aliphatic imine (C=N–C) groups is 1. The fourth-order valence-electron chi connectivity index (χ4n) is 4.42. The van der Waals surface area contributed by atoms with Crippen molar-refractivity contribution in [3.05, 3.63) is 116 Å². The van der Waals surface area contributed by atoms with Gasteiger partial charge in [-0.05, 0) is 34.9 Å². The molecule has 8 heteroatoms. The van der Waals surface area contributed by atoms with Crippen molar-refractivity contribution in [1.82, 2.24) is 4.90 Å². The van der Waals surface area contributed by atoms with Crippen molar-refractivity contribution in [2.75, 3.05) is 5.75 Å². The Labute approximate surface area is 204 Å². The van der Waals surface area contributed by atoms with Crippen LogP contribution in [-0.4, -0.2) is 20.7 Å². The van der Waals surface area contributed by atoms with Gasteiger partial charge in [-0.2, -0.15) is 0 Å². The first-order chi connectivity index (χ1) is 16.1. The second kappa shape index (κ2) is 8.09. The maximum atomic E-state index is 11.6. The third-order valence-corrected chi connectivity index (χ3v) is 8.12. The third kappa shape index (κ3) is 3.47. The summed E-state index contributed by atoms with van der Waals surface area (Å²) in [5, 5.41) is 15.2. The van der Waals surface area contributed by atoms with E-state index in [0.717, 1.165) is 44.6 Å². The van der Waals surface area contributed by atoms with Crippen LogP contribution >= 0.6 is 35.1 Å². The number of rotatable bonds is 3. The summed E-state index contributed by atoms with van der Waals surface area (Å²) in [5.74, 6) is 0.769. The van der Waals surface area contributed by atoms with Crippen LogP contribution in [0.5, 0.6) is 0 Å². The average Bonchev–Trinajstić information content (AvgIpc) is 3.26. The Kier molecular flexibility index (Phi) is 5.05. The zero-order chi connectivity index (χ0) is 22.5. The smallest absolute Gasteiger partial charge is 0.269 e. The largest absolute Gasteiger partial charge is 0.308 e. The van der Waals surface area contributed by atoms with Gasteiger partial charge in [-0.3, -0.25) is 10.1 Å². The molecule has 0 radical (unpaired) electrons. The molecule has 0 N–H and O–H groups in total. The van der Waals surface area contributed by atoms with E-state index in [-0.39, 0.29) is 16.7 Å². The lowest BCUT2D eigenvalue weighted by atomic mass is 9.91. The van der Waals surface area contributed by atoms with Gasteiger partial charge in [-0.1, -0.05) is 65.8 Å². The van der Waals surface area contributed by atoms with Crippen molar-refractivity contribution in [2.45, 2.75) is 10.9 Å². The Morgan fingerprint density at radius 3 is 2.70 bits per heavy atom. The number of nitro benzene ring substituents is 1. The number of amidine groups is 1. The first-order valence-electron chi connectivity index (χ1n) is 10.3. The van der Waals surface area contributed by atoms with Crippen LogP contribution in [0, 0.1) is 10.1 Å².